The molecule has 4 aliphatic heterocycles. The highest BCUT2D eigenvalue weighted by Gasteiger charge is 2.61. The molecule has 0 bridgehead atoms. The summed E-state index contributed by atoms with van der Waals surface area (Å²) in [5, 5.41) is 161. The van der Waals surface area contributed by atoms with Gasteiger partial charge in [0.05, 0.1) is 63.4 Å². The largest absolute Gasteiger partial charge is 0.477 e. The number of aliphatic carboxylic acids is 1. The van der Waals surface area contributed by atoms with Crippen molar-refractivity contribution in [2.45, 2.75) is 355 Å². The predicted octanol–water partition coefficient (Wildman–Crippen LogP) is 2.22. The number of carboxylic acids is 1. The fraction of sp³-hybridized carbons (Fsp3) is 0.912. The Morgan fingerprint density at radius 1 is 0.562 bits per heavy atom. The Hall–Kier alpha value is -3.02. The van der Waals surface area contributed by atoms with Crippen LogP contribution >= 0.6 is 0 Å². The molecule has 28 heteroatoms. The van der Waals surface area contributed by atoms with Crippen LogP contribution in [0, 0.1) is 5.92 Å². The minimum atomic E-state index is -3.26. The number of carboxylic acid groups (broad SMARTS) is 1. The van der Waals surface area contributed by atoms with Crippen molar-refractivity contribution in [2.24, 2.45) is 5.92 Å². The van der Waals surface area contributed by atoms with Crippen molar-refractivity contribution in [3.05, 3.63) is 12.2 Å². The van der Waals surface area contributed by atoms with Crippen LogP contribution in [0.1, 0.15) is 220 Å². The molecule has 560 valence electrons. The van der Waals surface area contributed by atoms with Gasteiger partial charge in [-0.05, 0) is 45.4 Å². The zero-order valence-corrected chi connectivity index (χ0v) is 57.3. The summed E-state index contributed by atoms with van der Waals surface area (Å²) in [6.07, 6.45) is -5.01. The molecule has 23 atom stereocenters. The molecule has 0 aromatic heterocycles. The van der Waals surface area contributed by atoms with Crippen LogP contribution in [0.25, 0.3) is 0 Å². The van der Waals surface area contributed by atoms with E-state index in [2.05, 4.69) is 36.6 Å². The van der Waals surface area contributed by atoms with Crippen LogP contribution in [0.3, 0.4) is 0 Å². The quantitative estimate of drug-likeness (QED) is 0.0307. The van der Waals surface area contributed by atoms with E-state index in [-0.39, 0.29) is 12.3 Å². The molecule has 96 heavy (non-hydrogen) atoms. The monoisotopic (exact) mass is 1380 g/mol. The Morgan fingerprint density at radius 3 is 1.58 bits per heavy atom. The lowest BCUT2D eigenvalue weighted by atomic mass is 9.87. The van der Waals surface area contributed by atoms with Crippen molar-refractivity contribution in [3.8, 4) is 0 Å². The summed E-state index contributed by atoms with van der Waals surface area (Å²) in [6, 6.07) is -2.70. The van der Waals surface area contributed by atoms with Gasteiger partial charge >= 0.3 is 5.97 Å². The summed E-state index contributed by atoms with van der Waals surface area (Å²) in [7, 11) is 0. The highest BCUT2D eigenvalue weighted by atomic mass is 16.8. The second-order valence-electron chi connectivity index (χ2n) is 26.8. The van der Waals surface area contributed by atoms with Gasteiger partial charge in [-0.25, -0.2) is 4.79 Å². The van der Waals surface area contributed by atoms with Crippen molar-refractivity contribution in [1.29, 1.82) is 0 Å². The molecule has 4 rings (SSSR count). The van der Waals surface area contributed by atoms with Gasteiger partial charge in [-0.3, -0.25) is 9.59 Å². The Balaban J connectivity index is 1.54. The summed E-state index contributed by atoms with van der Waals surface area (Å²) >= 11 is 0. The van der Waals surface area contributed by atoms with Gasteiger partial charge in [0.2, 0.25) is 11.8 Å². The molecule has 4 heterocycles. The maximum atomic E-state index is 13.6. The standard InChI is InChI=1S/C68H122N2O26/c1-5-7-9-11-13-15-17-19-20-22-24-26-28-30-32-34-52(80)70-45(46(77)33-31-29-27-25-23-21-18-16-14-12-10-8-6-2)41-89-65-58(85)57(84)60(50(39-73)91-65)93-66-59(86)63(61(51(40-74)92-66)94-64-44(35-42(3)75)54(81)56(83)49(38-72)90-64)96-68(67(87)88)36-47(78)53(69-43(4)76)62(95-68)55(82)48(79)37-71/h19-20,44-51,53-66,71-74,77-79,81-86H,5-18,21-41H2,1-4H3,(H,69,76)(H,70,80)(H,87,88)/t44-,45+,46-,47+,48-,49-,50-,51-,53-,54-,55-,56+,57-,58-,59-,60-,61+,62?,63-,64+,65-,66+,68+/m1/s1. The molecule has 0 aromatic rings. The first-order valence-corrected chi connectivity index (χ1v) is 35.8. The number of carbonyl (C=O) groups excluding carboxylic acids is 3. The number of hydrogen-bond donors (Lipinski definition) is 16. The fourth-order valence-corrected chi connectivity index (χ4v) is 13.1. The van der Waals surface area contributed by atoms with Gasteiger partial charge in [0.15, 0.2) is 18.9 Å². The summed E-state index contributed by atoms with van der Waals surface area (Å²) in [6.45, 7) is 1.97. The lowest BCUT2D eigenvalue weighted by molar-refractivity contribution is -0.403. The van der Waals surface area contributed by atoms with E-state index in [9.17, 15) is 90.7 Å². The molecule has 0 radical (unpaired) electrons. The predicted molar refractivity (Wildman–Crippen MR) is 347 cm³/mol. The first-order valence-electron chi connectivity index (χ1n) is 35.8. The number of unbranched alkanes of at least 4 members (excludes halogenated alkanes) is 23. The molecule has 0 spiro atoms. The normalized spacial score (nSPS) is 32.4. The summed E-state index contributed by atoms with van der Waals surface area (Å²) in [4.78, 5) is 52.0. The third kappa shape index (κ3) is 27.7. The highest BCUT2D eigenvalue weighted by Crippen LogP contribution is 2.41. The minimum absolute atomic E-state index is 0.175. The third-order valence-corrected chi connectivity index (χ3v) is 18.8. The lowest BCUT2D eigenvalue weighted by Crippen LogP contribution is -2.71. The minimum Gasteiger partial charge on any atom is -0.477 e. The molecule has 1 unspecified atom stereocenters. The van der Waals surface area contributed by atoms with Crippen LogP contribution in [0.4, 0.5) is 0 Å². The number of ether oxygens (including phenoxy) is 8. The van der Waals surface area contributed by atoms with E-state index in [1.165, 1.54) is 89.9 Å². The van der Waals surface area contributed by atoms with E-state index in [1.54, 1.807) is 0 Å². The Labute approximate surface area is 566 Å². The van der Waals surface area contributed by atoms with Crippen LogP contribution in [0.15, 0.2) is 12.2 Å². The molecule has 4 saturated heterocycles. The molecule has 0 aliphatic carbocycles. The number of amides is 2. The summed E-state index contributed by atoms with van der Waals surface area (Å²) in [5.74, 6) is -8.52. The van der Waals surface area contributed by atoms with Crippen LogP contribution < -0.4 is 10.6 Å². The van der Waals surface area contributed by atoms with Crippen LogP contribution in [-0.2, 0) is 57.1 Å². The molecule has 28 nitrogen and oxygen atoms in total. The summed E-state index contributed by atoms with van der Waals surface area (Å²) in [5.41, 5.74) is 0. The van der Waals surface area contributed by atoms with Crippen LogP contribution in [0.2, 0.25) is 0 Å². The number of aliphatic hydroxyl groups is 13. The molecule has 4 aliphatic rings. The number of Topliss-reactive ketones (excluding diaryl/α,β-unsaturated/α-hetero) is 1. The number of allylic oxidation sites excluding steroid dienone is 2. The molecule has 16 N–H and O–H groups in total. The summed E-state index contributed by atoms with van der Waals surface area (Å²) < 4.78 is 48.1. The van der Waals surface area contributed by atoms with E-state index in [0.717, 1.165) is 78.1 Å². The van der Waals surface area contributed by atoms with Gasteiger partial charge in [0, 0.05) is 32.1 Å². The second-order valence-corrected chi connectivity index (χ2v) is 26.8. The van der Waals surface area contributed by atoms with Gasteiger partial charge in [-0.2, -0.15) is 0 Å². The second kappa shape index (κ2) is 46.5. The van der Waals surface area contributed by atoms with E-state index in [0.29, 0.717) is 19.3 Å². The third-order valence-electron chi connectivity index (χ3n) is 18.8. The van der Waals surface area contributed by atoms with Crippen molar-refractivity contribution in [3.63, 3.8) is 0 Å². The molecular weight excluding hydrogens is 1260 g/mol. The number of ketones is 1. The SMILES string of the molecule is CCCCCCCCC=CCCCCCCCC(=O)N[C@@H](CO[C@@H]1O[C@H](CO)[C@@H](O[C@@H]2O[C@H](CO)[C@H](O[C@@H]3O[C@H](CO)[C@H](O)[C@H](O)[C@H]3CC(C)=O)[C@H](O[C@]3(C(=O)O)C[C@H](O)[C@@H](NC(C)=O)C([C@H](O)[C@H](O)CO)O3)[C@H]2O)[C@H](O)[C@H]1O)[C@H](O)CCCCCCCCCCCCCCC. The van der Waals surface area contributed by atoms with E-state index >= 15 is 0 Å². The number of carbonyl (C=O) groups is 4. The Bertz CT molecular complexity index is 2170. The molecule has 0 aromatic carbocycles. The van der Waals surface area contributed by atoms with Gasteiger partial charge in [-0.1, -0.05) is 161 Å². The van der Waals surface area contributed by atoms with E-state index in [1.807, 2.05) is 0 Å². The van der Waals surface area contributed by atoms with Crippen molar-refractivity contribution < 1.29 is 129 Å². The van der Waals surface area contributed by atoms with Gasteiger partial charge in [-0.15, -0.1) is 0 Å². The lowest BCUT2D eigenvalue weighted by Gasteiger charge is -2.52. The highest BCUT2D eigenvalue weighted by molar-refractivity contribution is 5.77. The van der Waals surface area contributed by atoms with Gasteiger partial charge < -0.3 is 125 Å². The first-order chi connectivity index (χ1) is 46.0. The average molecular weight is 1380 g/mol. The zero-order chi connectivity index (χ0) is 70.7. The topological polar surface area (TPSA) is 449 Å². The molecular formula is C68H122N2O26. The smallest absolute Gasteiger partial charge is 0.364 e. The van der Waals surface area contributed by atoms with Gasteiger partial charge in [0.25, 0.3) is 5.79 Å². The maximum absolute atomic E-state index is 13.6. The van der Waals surface area contributed by atoms with Crippen LogP contribution in [0.5, 0.6) is 0 Å². The zero-order valence-electron chi connectivity index (χ0n) is 57.3. The van der Waals surface area contributed by atoms with Gasteiger partial charge in [0.1, 0.15) is 85.1 Å². The Kier molecular flexibility index (Phi) is 41.3. The molecule has 4 fully saturated rings. The van der Waals surface area contributed by atoms with E-state index < -0.39 is 204 Å². The fourth-order valence-electron chi connectivity index (χ4n) is 13.1. The van der Waals surface area contributed by atoms with Crippen LogP contribution in [-0.4, -0.2) is 262 Å². The van der Waals surface area contributed by atoms with Crippen molar-refractivity contribution in [1.82, 2.24) is 10.6 Å². The first kappa shape index (κ1) is 85.4. The molecule has 0 saturated carbocycles. The Morgan fingerprint density at radius 2 is 1.06 bits per heavy atom. The number of hydrogen-bond acceptors (Lipinski definition) is 25. The molecule has 2 amide bonds. The van der Waals surface area contributed by atoms with Crippen molar-refractivity contribution >= 4 is 23.6 Å². The number of aliphatic hydroxyl groups excluding tert-OH is 13. The number of rotatable bonds is 50. The van der Waals surface area contributed by atoms with E-state index in [4.69, 9.17) is 37.9 Å². The average Bonchev–Trinajstić information content (AvgIpc) is 0.752. The maximum Gasteiger partial charge on any atom is 0.364 e. The number of nitrogens with one attached hydrogen (secondary N) is 2. The van der Waals surface area contributed by atoms with Crippen molar-refractivity contribution in [2.75, 3.05) is 33.0 Å².